The molecule has 0 spiro atoms. The number of aryl methyl sites for hydroxylation is 1. The summed E-state index contributed by atoms with van der Waals surface area (Å²) in [7, 11) is 0. The van der Waals surface area contributed by atoms with E-state index in [9.17, 15) is 8.78 Å². The summed E-state index contributed by atoms with van der Waals surface area (Å²) in [4.78, 5) is 7.51. The molecule has 0 fully saturated rings. The van der Waals surface area contributed by atoms with Crippen molar-refractivity contribution in [3.63, 3.8) is 0 Å². The van der Waals surface area contributed by atoms with Crippen molar-refractivity contribution in [2.45, 2.75) is 32.3 Å². The minimum Gasteiger partial charge on any atom is -0.435 e. The van der Waals surface area contributed by atoms with Crippen LogP contribution in [0.15, 0.2) is 30.5 Å². The normalized spacial score (nSPS) is 11.0. The minimum absolute atomic E-state index is 0.140. The van der Waals surface area contributed by atoms with Crippen molar-refractivity contribution in [1.29, 1.82) is 0 Å². The molecule has 4 nitrogen and oxygen atoms in total. The molecular formula is C15H19F2N3O. The molecule has 0 aliphatic carbocycles. The van der Waals surface area contributed by atoms with Crippen molar-refractivity contribution in [2.24, 2.45) is 5.73 Å². The number of aromatic amines is 1. The van der Waals surface area contributed by atoms with Gasteiger partial charge in [0.05, 0.1) is 11.9 Å². The Kier molecular flexibility index (Phi) is 5.68. The number of ether oxygens (including phenoxy) is 1. The number of imidazole rings is 1. The van der Waals surface area contributed by atoms with Crippen molar-refractivity contribution in [2.75, 3.05) is 6.54 Å². The summed E-state index contributed by atoms with van der Waals surface area (Å²) in [5.74, 6) is 1.03. The van der Waals surface area contributed by atoms with E-state index in [0.29, 0.717) is 6.54 Å². The fourth-order valence-corrected chi connectivity index (χ4v) is 2.09. The first kappa shape index (κ1) is 15.4. The molecule has 1 heterocycles. The molecule has 0 aliphatic heterocycles. The molecule has 0 bridgehead atoms. The van der Waals surface area contributed by atoms with Gasteiger partial charge in [-0.1, -0.05) is 18.6 Å². The third-order valence-corrected chi connectivity index (χ3v) is 3.12. The van der Waals surface area contributed by atoms with Gasteiger partial charge in [0.2, 0.25) is 0 Å². The number of halogens is 2. The van der Waals surface area contributed by atoms with Gasteiger partial charge in [0.15, 0.2) is 0 Å². The van der Waals surface area contributed by atoms with E-state index in [0.717, 1.165) is 42.8 Å². The second-order valence-corrected chi connectivity index (χ2v) is 4.75. The Morgan fingerprint density at radius 3 is 2.86 bits per heavy atom. The summed E-state index contributed by atoms with van der Waals surface area (Å²) < 4.78 is 28.8. The maximum absolute atomic E-state index is 12.2. The van der Waals surface area contributed by atoms with E-state index >= 15 is 0 Å². The van der Waals surface area contributed by atoms with Crippen LogP contribution in [0.3, 0.4) is 0 Å². The number of H-pyrrole nitrogens is 1. The molecule has 21 heavy (non-hydrogen) atoms. The lowest BCUT2D eigenvalue weighted by atomic mass is 10.1. The Hall–Kier alpha value is -1.95. The summed E-state index contributed by atoms with van der Waals surface area (Å²) in [6.07, 6.45) is 5.68. The second-order valence-electron chi connectivity index (χ2n) is 4.75. The van der Waals surface area contributed by atoms with Crippen molar-refractivity contribution in [1.82, 2.24) is 9.97 Å². The largest absolute Gasteiger partial charge is 0.435 e. The molecule has 1 aromatic heterocycles. The van der Waals surface area contributed by atoms with E-state index < -0.39 is 6.61 Å². The highest BCUT2D eigenvalue weighted by Crippen LogP contribution is 2.23. The van der Waals surface area contributed by atoms with Crippen molar-refractivity contribution in [3.8, 4) is 17.0 Å². The number of alkyl halides is 2. The molecule has 0 saturated carbocycles. The summed E-state index contributed by atoms with van der Waals surface area (Å²) >= 11 is 0. The summed E-state index contributed by atoms with van der Waals surface area (Å²) in [6, 6.07) is 6.57. The van der Waals surface area contributed by atoms with Gasteiger partial charge >= 0.3 is 6.61 Å². The van der Waals surface area contributed by atoms with Gasteiger partial charge < -0.3 is 15.5 Å². The number of benzene rings is 1. The van der Waals surface area contributed by atoms with Crippen LogP contribution in [0.5, 0.6) is 5.75 Å². The highest BCUT2D eigenvalue weighted by Gasteiger charge is 2.07. The van der Waals surface area contributed by atoms with Crippen LogP contribution < -0.4 is 10.5 Å². The van der Waals surface area contributed by atoms with Crippen LogP contribution in [-0.4, -0.2) is 23.1 Å². The lowest BCUT2D eigenvalue weighted by Gasteiger charge is -2.05. The van der Waals surface area contributed by atoms with Crippen LogP contribution in [0.4, 0.5) is 8.78 Å². The SMILES string of the molecule is NCCCCCc1ncc(-c2cccc(OC(F)F)c2)[nH]1. The molecule has 0 saturated heterocycles. The lowest BCUT2D eigenvalue weighted by molar-refractivity contribution is -0.0498. The Labute approximate surface area is 122 Å². The van der Waals surface area contributed by atoms with Crippen LogP contribution in [0.2, 0.25) is 0 Å². The van der Waals surface area contributed by atoms with Gasteiger partial charge in [0.1, 0.15) is 11.6 Å². The molecule has 0 atom stereocenters. The molecule has 3 N–H and O–H groups in total. The molecule has 2 rings (SSSR count). The Morgan fingerprint density at radius 2 is 2.10 bits per heavy atom. The third kappa shape index (κ3) is 4.82. The third-order valence-electron chi connectivity index (χ3n) is 3.12. The Bertz CT molecular complexity index is 557. The number of nitrogens with one attached hydrogen (secondary N) is 1. The van der Waals surface area contributed by atoms with Gasteiger partial charge in [-0.05, 0) is 31.5 Å². The van der Waals surface area contributed by atoms with Gasteiger partial charge in [0, 0.05) is 12.0 Å². The zero-order valence-electron chi connectivity index (χ0n) is 11.7. The first-order chi connectivity index (χ1) is 10.2. The summed E-state index contributed by atoms with van der Waals surface area (Å²) in [5.41, 5.74) is 7.02. The number of unbranched alkanes of at least 4 members (excludes halogenated alkanes) is 2. The van der Waals surface area contributed by atoms with E-state index in [1.165, 1.54) is 6.07 Å². The number of aromatic nitrogens is 2. The fraction of sp³-hybridized carbons (Fsp3) is 0.400. The predicted molar refractivity (Wildman–Crippen MR) is 77.3 cm³/mol. The van der Waals surface area contributed by atoms with Gasteiger partial charge in [-0.2, -0.15) is 8.78 Å². The van der Waals surface area contributed by atoms with Crippen molar-refractivity contribution in [3.05, 3.63) is 36.3 Å². The first-order valence-electron chi connectivity index (χ1n) is 6.98. The molecule has 0 aliphatic rings. The molecule has 0 amide bonds. The highest BCUT2D eigenvalue weighted by molar-refractivity contribution is 5.60. The molecule has 6 heteroatoms. The van der Waals surface area contributed by atoms with Crippen LogP contribution in [0.25, 0.3) is 11.3 Å². The second kappa shape index (κ2) is 7.73. The number of hydrogen-bond donors (Lipinski definition) is 2. The van der Waals surface area contributed by atoms with E-state index in [1.54, 1.807) is 18.3 Å². The number of rotatable bonds is 8. The monoisotopic (exact) mass is 295 g/mol. The van der Waals surface area contributed by atoms with E-state index in [1.807, 2.05) is 6.07 Å². The van der Waals surface area contributed by atoms with Crippen LogP contribution >= 0.6 is 0 Å². The van der Waals surface area contributed by atoms with Gasteiger partial charge in [-0.25, -0.2) is 4.98 Å². The first-order valence-corrected chi connectivity index (χ1v) is 6.98. The van der Waals surface area contributed by atoms with E-state index in [4.69, 9.17) is 5.73 Å². The number of nitrogens with zero attached hydrogens (tertiary/aromatic N) is 1. The van der Waals surface area contributed by atoms with Crippen LogP contribution in [0, 0.1) is 0 Å². The zero-order chi connectivity index (χ0) is 15.1. The molecule has 0 radical (unpaired) electrons. The zero-order valence-corrected chi connectivity index (χ0v) is 11.7. The number of hydrogen-bond acceptors (Lipinski definition) is 3. The lowest BCUT2D eigenvalue weighted by Crippen LogP contribution is -2.01. The van der Waals surface area contributed by atoms with Crippen LogP contribution in [0.1, 0.15) is 25.1 Å². The van der Waals surface area contributed by atoms with Crippen LogP contribution in [-0.2, 0) is 6.42 Å². The van der Waals surface area contributed by atoms with Crippen molar-refractivity contribution >= 4 is 0 Å². The maximum atomic E-state index is 12.2. The number of nitrogens with two attached hydrogens (primary N) is 1. The summed E-state index contributed by atoms with van der Waals surface area (Å²) in [5, 5.41) is 0. The van der Waals surface area contributed by atoms with Gasteiger partial charge in [0.25, 0.3) is 0 Å². The standard InChI is InChI=1S/C15H19F2N3O/c16-15(17)21-12-6-4-5-11(9-12)13-10-19-14(20-13)7-2-1-3-8-18/h4-6,9-10,15H,1-3,7-8,18H2,(H,19,20). The van der Waals surface area contributed by atoms with Gasteiger partial charge in [-0.3, -0.25) is 0 Å². The molecule has 114 valence electrons. The summed E-state index contributed by atoms with van der Waals surface area (Å²) in [6.45, 7) is -2.11. The quantitative estimate of drug-likeness (QED) is 0.734. The van der Waals surface area contributed by atoms with E-state index in [2.05, 4.69) is 14.7 Å². The predicted octanol–water partition coefficient (Wildman–Crippen LogP) is 3.35. The Balaban J connectivity index is 2.00. The molecule has 1 aromatic carbocycles. The fourth-order valence-electron chi connectivity index (χ4n) is 2.09. The average Bonchev–Trinajstić information content (AvgIpc) is 2.92. The minimum atomic E-state index is -2.82. The van der Waals surface area contributed by atoms with Crippen molar-refractivity contribution < 1.29 is 13.5 Å². The van der Waals surface area contributed by atoms with Gasteiger partial charge in [-0.15, -0.1) is 0 Å². The molecule has 0 unspecified atom stereocenters. The highest BCUT2D eigenvalue weighted by atomic mass is 19.3. The maximum Gasteiger partial charge on any atom is 0.387 e. The Morgan fingerprint density at radius 1 is 1.24 bits per heavy atom. The average molecular weight is 295 g/mol. The van der Waals surface area contributed by atoms with E-state index in [-0.39, 0.29) is 5.75 Å². The molecule has 2 aromatic rings. The molecular weight excluding hydrogens is 276 g/mol. The topological polar surface area (TPSA) is 63.9 Å². The smallest absolute Gasteiger partial charge is 0.387 e.